The van der Waals surface area contributed by atoms with E-state index >= 15 is 0 Å². The summed E-state index contributed by atoms with van der Waals surface area (Å²) >= 11 is 0. The molecule has 1 aliphatic heterocycles. The van der Waals surface area contributed by atoms with Crippen molar-refractivity contribution in [1.82, 2.24) is 15.0 Å². The Balaban J connectivity index is 1.31. The van der Waals surface area contributed by atoms with Crippen molar-refractivity contribution in [3.63, 3.8) is 0 Å². The van der Waals surface area contributed by atoms with Gasteiger partial charge in [0.25, 0.3) is 5.91 Å². The van der Waals surface area contributed by atoms with Crippen molar-refractivity contribution in [3.05, 3.63) is 36.4 Å². The first-order valence-corrected chi connectivity index (χ1v) is 9.41. The smallest absolute Gasteiger partial charge is 0.267 e. The van der Waals surface area contributed by atoms with Crippen LogP contribution < -0.4 is 20.7 Å². The molecule has 3 heterocycles. The summed E-state index contributed by atoms with van der Waals surface area (Å²) in [7, 11) is 0. The summed E-state index contributed by atoms with van der Waals surface area (Å²) in [6.45, 7) is 2.71. The van der Waals surface area contributed by atoms with Crippen LogP contribution in [0.2, 0.25) is 0 Å². The molecule has 2 fully saturated rings. The molecule has 2 aromatic heterocycles. The topological polar surface area (TPSA) is 106 Å². The van der Waals surface area contributed by atoms with Crippen LogP contribution in [-0.4, -0.2) is 46.6 Å². The van der Waals surface area contributed by atoms with Gasteiger partial charge in [0.2, 0.25) is 0 Å². The summed E-state index contributed by atoms with van der Waals surface area (Å²) < 4.78 is 6.01. The number of hydrogen-bond donors (Lipinski definition) is 2. The number of nitrogens with one attached hydrogen (secondary N) is 1. The van der Waals surface area contributed by atoms with Crippen LogP contribution in [0.1, 0.15) is 36.2 Å². The van der Waals surface area contributed by atoms with E-state index in [0.29, 0.717) is 5.75 Å². The lowest BCUT2D eigenvalue weighted by atomic mass is 10.1. The number of hydrogen-bond acceptors (Lipinski definition) is 7. The molecule has 1 saturated heterocycles. The average molecular weight is 368 g/mol. The molecule has 1 amide bonds. The lowest BCUT2D eigenvalue weighted by molar-refractivity contribution is 0.0994. The zero-order valence-corrected chi connectivity index (χ0v) is 15.2. The van der Waals surface area contributed by atoms with Gasteiger partial charge in [-0.25, -0.2) is 9.97 Å². The fraction of sp³-hybridized carbons (Fsp3) is 0.474. The molecule has 2 aromatic rings. The Morgan fingerprint density at radius 1 is 1.19 bits per heavy atom. The molecule has 0 bridgehead atoms. The number of nitrogens with zero attached hydrogens (tertiary/aromatic N) is 4. The third kappa shape index (κ3) is 4.64. The van der Waals surface area contributed by atoms with Gasteiger partial charge in [0.05, 0.1) is 0 Å². The van der Waals surface area contributed by atoms with Crippen molar-refractivity contribution in [2.24, 2.45) is 11.7 Å². The van der Waals surface area contributed by atoms with Crippen LogP contribution in [0.5, 0.6) is 5.75 Å². The lowest BCUT2D eigenvalue weighted by Crippen LogP contribution is -2.38. The highest BCUT2D eigenvalue weighted by atomic mass is 16.5. The summed E-state index contributed by atoms with van der Waals surface area (Å²) in [5.74, 6) is 2.72. The van der Waals surface area contributed by atoms with Gasteiger partial charge >= 0.3 is 0 Å². The quantitative estimate of drug-likeness (QED) is 0.768. The number of nitrogens with two attached hydrogens (primary N) is 1. The third-order valence-electron chi connectivity index (χ3n) is 4.97. The van der Waals surface area contributed by atoms with Gasteiger partial charge in [-0.05, 0) is 24.8 Å². The monoisotopic (exact) mass is 368 g/mol. The molecule has 0 unspecified atom stereocenters. The molecular formula is C19H24N6O2. The van der Waals surface area contributed by atoms with Crippen LogP contribution in [-0.2, 0) is 0 Å². The van der Waals surface area contributed by atoms with Gasteiger partial charge < -0.3 is 20.7 Å². The van der Waals surface area contributed by atoms with Crippen LogP contribution in [0.15, 0.2) is 30.7 Å². The van der Waals surface area contributed by atoms with Gasteiger partial charge in [0.1, 0.15) is 35.5 Å². The minimum atomic E-state index is -0.551. The molecule has 2 aliphatic rings. The Hall–Kier alpha value is -2.90. The van der Waals surface area contributed by atoms with E-state index in [1.54, 1.807) is 24.7 Å². The largest absolute Gasteiger partial charge is 0.490 e. The lowest BCUT2D eigenvalue weighted by Gasteiger charge is -2.33. The van der Waals surface area contributed by atoms with Crippen LogP contribution >= 0.6 is 0 Å². The summed E-state index contributed by atoms with van der Waals surface area (Å²) in [4.78, 5) is 26.2. The van der Waals surface area contributed by atoms with Gasteiger partial charge in [-0.3, -0.25) is 9.78 Å². The van der Waals surface area contributed by atoms with Crippen LogP contribution in [0.25, 0.3) is 0 Å². The Kier molecular flexibility index (Phi) is 5.04. The normalized spacial score (nSPS) is 17.6. The van der Waals surface area contributed by atoms with E-state index in [1.807, 2.05) is 6.07 Å². The number of piperidine rings is 1. The predicted molar refractivity (Wildman–Crippen MR) is 102 cm³/mol. The standard InChI is InChI=1S/C19H24N6O2/c20-19(26)16-9-15(3-6-21-16)27-14-4-7-25(8-5-14)18-10-17(23-12-24-18)22-11-13-1-2-13/h3,6,9-10,12-14H,1-2,4-5,7-8,11H2,(H2,20,26)(H,22,23,24). The van der Waals surface area contributed by atoms with Crippen LogP contribution in [0.3, 0.4) is 0 Å². The molecule has 0 spiro atoms. The Bertz CT molecular complexity index is 802. The molecule has 27 heavy (non-hydrogen) atoms. The maximum absolute atomic E-state index is 11.2. The highest BCUT2D eigenvalue weighted by molar-refractivity contribution is 5.91. The van der Waals surface area contributed by atoms with E-state index in [-0.39, 0.29) is 11.8 Å². The van der Waals surface area contributed by atoms with E-state index in [1.165, 1.54) is 12.8 Å². The number of aromatic nitrogens is 3. The minimum Gasteiger partial charge on any atom is -0.490 e. The second kappa shape index (κ2) is 7.77. The predicted octanol–water partition coefficient (Wildman–Crippen LogP) is 1.84. The first kappa shape index (κ1) is 17.5. The fourth-order valence-electron chi connectivity index (χ4n) is 3.20. The first-order valence-electron chi connectivity index (χ1n) is 9.41. The molecule has 0 radical (unpaired) electrons. The molecule has 4 rings (SSSR count). The number of primary amides is 1. The number of rotatable bonds is 7. The van der Waals surface area contributed by atoms with E-state index in [2.05, 4.69) is 25.2 Å². The van der Waals surface area contributed by atoms with E-state index in [9.17, 15) is 4.79 Å². The molecule has 1 saturated carbocycles. The summed E-state index contributed by atoms with van der Waals surface area (Å²) in [5.41, 5.74) is 5.49. The van der Waals surface area contributed by atoms with Gasteiger partial charge in [0.15, 0.2) is 0 Å². The van der Waals surface area contributed by atoms with E-state index in [4.69, 9.17) is 10.5 Å². The van der Waals surface area contributed by atoms with E-state index < -0.39 is 5.91 Å². The van der Waals surface area contributed by atoms with Crippen molar-refractivity contribution in [2.45, 2.75) is 31.8 Å². The minimum absolute atomic E-state index is 0.0960. The summed E-state index contributed by atoms with van der Waals surface area (Å²) in [5, 5.41) is 3.40. The fourth-order valence-corrected chi connectivity index (χ4v) is 3.20. The van der Waals surface area contributed by atoms with Gasteiger partial charge in [-0.1, -0.05) is 0 Å². The van der Waals surface area contributed by atoms with Crippen molar-refractivity contribution in [3.8, 4) is 5.75 Å². The van der Waals surface area contributed by atoms with Crippen molar-refractivity contribution in [2.75, 3.05) is 29.9 Å². The van der Waals surface area contributed by atoms with Gasteiger partial charge in [-0.15, -0.1) is 0 Å². The second-order valence-corrected chi connectivity index (χ2v) is 7.13. The number of carbonyl (C=O) groups excluding carboxylic acids is 1. The number of ether oxygens (including phenoxy) is 1. The molecular weight excluding hydrogens is 344 g/mol. The zero-order chi connectivity index (χ0) is 18.6. The Labute approximate surface area is 158 Å². The van der Waals surface area contributed by atoms with Crippen LogP contribution in [0, 0.1) is 5.92 Å². The highest BCUT2D eigenvalue weighted by Gasteiger charge is 2.23. The zero-order valence-electron chi connectivity index (χ0n) is 15.2. The second-order valence-electron chi connectivity index (χ2n) is 7.13. The highest BCUT2D eigenvalue weighted by Crippen LogP contribution is 2.29. The first-order chi connectivity index (χ1) is 13.2. The molecule has 1 aliphatic carbocycles. The van der Waals surface area contributed by atoms with Gasteiger partial charge in [0, 0.05) is 50.8 Å². The Morgan fingerprint density at radius 2 is 2.00 bits per heavy atom. The average Bonchev–Trinajstić information content (AvgIpc) is 3.52. The maximum atomic E-state index is 11.2. The van der Waals surface area contributed by atoms with Crippen molar-refractivity contribution < 1.29 is 9.53 Å². The SMILES string of the molecule is NC(=O)c1cc(OC2CCN(c3cc(NCC4CC4)ncn3)CC2)ccn1. The van der Waals surface area contributed by atoms with Crippen molar-refractivity contribution >= 4 is 17.5 Å². The Morgan fingerprint density at radius 3 is 2.74 bits per heavy atom. The number of amides is 1. The molecule has 0 aromatic carbocycles. The number of anilines is 2. The van der Waals surface area contributed by atoms with Crippen LogP contribution in [0.4, 0.5) is 11.6 Å². The molecule has 8 heteroatoms. The number of carbonyl (C=O) groups is 1. The molecule has 8 nitrogen and oxygen atoms in total. The number of pyridine rings is 1. The maximum Gasteiger partial charge on any atom is 0.267 e. The van der Waals surface area contributed by atoms with Crippen molar-refractivity contribution in [1.29, 1.82) is 0 Å². The molecule has 0 atom stereocenters. The molecule has 3 N–H and O–H groups in total. The third-order valence-corrected chi connectivity index (χ3v) is 4.97. The summed E-state index contributed by atoms with van der Waals surface area (Å²) in [6.07, 6.45) is 7.65. The van der Waals surface area contributed by atoms with Gasteiger partial charge in [-0.2, -0.15) is 0 Å². The van der Waals surface area contributed by atoms with E-state index in [0.717, 1.165) is 50.0 Å². The molecule has 142 valence electrons. The summed E-state index contributed by atoms with van der Waals surface area (Å²) in [6, 6.07) is 5.36.